The fraction of sp³-hybridized carbons (Fsp3) is 0.250. The predicted octanol–water partition coefficient (Wildman–Crippen LogP) is 3.80. The van der Waals surface area contributed by atoms with Crippen molar-refractivity contribution in [3.63, 3.8) is 0 Å². The normalized spacial score (nSPS) is 9.74. The monoisotopic (exact) mass is 277 g/mol. The van der Waals surface area contributed by atoms with Crippen LogP contribution in [-0.4, -0.2) is 6.61 Å². The minimum absolute atomic E-state index is 0. The van der Waals surface area contributed by atoms with E-state index in [0.29, 0.717) is 6.61 Å². The highest BCUT2D eigenvalue weighted by Crippen LogP contribution is 2.13. The van der Waals surface area contributed by atoms with Gasteiger partial charge in [-0.25, -0.2) is 0 Å². The number of ether oxygens (including phenoxy) is 1. The summed E-state index contributed by atoms with van der Waals surface area (Å²) in [5.41, 5.74) is 2.55. The van der Waals surface area contributed by atoms with Crippen molar-refractivity contribution in [1.29, 1.82) is 0 Å². The van der Waals surface area contributed by atoms with Gasteiger partial charge in [-0.1, -0.05) is 42.5 Å². The van der Waals surface area contributed by atoms with Crippen LogP contribution in [0.5, 0.6) is 5.75 Å². The van der Waals surface area contributed by atoms with Crippen molar-refractivity contribution in [3.05, 3.63) is 65.7 Å². The molecular weight excluding hydrogens is 258 g/mol. The summed E-state index contributed by atoms with van der Waals surface area (Å²) >= 11 is 0. The first-order valence-electron chi connectivity index (χ1n) is 6.35. The Morgan fingerprint density at radius 2 is 1.58 bits per heavy atom. The average molecular weight is 278 g/mol. The van der Waals surface area contributed by atoms with Gasteiger partial charge in [-0.2, -0.15) is 0 Å². The fourth-order valence-corrected chi connectivity index (χ4v) is 1.86. The molecule has 0 spiro atoms. The van der Waals surface area contributed by atoms with Crippen LogP contribution < -0.4 is 10.1 Å². The van der Waals surface area contributed by atoms with Gasteiger partial charge < -0.3 is 10.1 Å². The Kier molecular flexibility index (Phi) is 7.01. The zero-order chi connectivity index (χ0) is 12.6. The molecule has 19 heavy (non-hydrogen) atoms. The number of hydrogen-bond acceptors (Lipinski definition) is 2. The van der Waals surface area contributed by atoms with Gasteiger partial charge in [0, 0.05) is 13.1 Å². The van der Waals surface area contributed by atoms with Gasteiger partial charge in [-0.15, -0.1) is 12.4 Å². The molecule has 0 heterocycles. The van der Waals surface area contributed by atoms with Crippen molar-refractivity contribution < 1.29 is 4.74 Å². The first kappa shape index (κ1) is 15.5. The van der Waals surface area contributed by atoms with Gasteiger partial charge in [0.25, 0.3) is 0 Å². The number of rotatable bonds is 6. The molecule has 0 aliphatic rings. The molecule has 0 saturated heterocycles. The topological polar surface area (TPSA) is 21.3 Å². The summed E-state index contributed by atoms with van der Waals surface area (Å²) in [4.78, 5) is 0. The minimum atomic E-state index is 0. The molecule has 2 nitrogen and oxygen atoms in total. The van der Waals surface area contributed by atoms with Crippen molar-refractivity contribution in [3.8, 4) is 5.75 Å². The van der Waals surface area contributed by atoms with Gasteiger partial charge in [0.05, 0.1) is 6.61 Å². The van der Waals surface area contributed by atoms with E-state index in [-0.39, 0.29) is 12.4 Å². The summed E-state index contributed by atoms with van der Waals surface area (Å²) in [5.74, 6) is 0.941. The lowest BCUT2D eigenvalue weighted by Gasteiger charge is -2.07. The molecule has 0 amide bonds. The van der Waals surface area contributed by atoms with Crippen LogP contribution >= 0.6 is 12.4 Å². The van der Waals surface area contributed by atoms with Crippen LogP contribution in [0.1, 0.15) is 18.1 Å². The van der Waals surface area contributed by atoms with E-state index in [9.17, 15) is 0 Å². The van der Waals surface area contributed by atoms with Crippen LogP contribution in [0.2, 0.25) is 0 Å². The largest absolute Gasteiger partial charge is 0.494 e. The van der Waals surface area contributed by atoms with Crippen LogP contribution in [0.4, 0.5) is 0 Å². The maximum Gasteiger partial charge on any atom is 0.119 e. The van der Waals surface area contributed by atoms with E-state index in [0.717, 1.165) is 18.8 Å². The molecule has 1 N–H and O–H groups in total. The van der Waals surface area contributed by atoms with Crippen molar-refractivity contribution in [2.24, 2.45) is 0 Å². The van der Waals surface area contributed by atoms with Gasteiger partial charge >= 0.3 is 0 Å². The smallest absolute Gasteiger partial charge is 0.119 e. The van der Waals surface area contributed by atoms with Crippen molar-refractivity contribution in [2.75, 3.05) is 6.61 Å². The molecule has 2 rings (SSSR count). The van der Waals surface area contributed by atoms with E-state index in [2.05, 4.69) is 41.7 Å². The lowest BCUT2D eigenvalue weighted by atomic mass is 10.2. The van der Waals surface area contributed by atoms with Crippen molar-refractivity contribution in [1.82, 2.24) is 5.32 Å². The quantitative estimate of drug-likeness (QED) is 0.867. The first-order chi connectivity index (χ1) is 8.88. The molecule has 0 atom stereocenters. The third-order valence-corrected chi connectivity index (χ3v) is 2.71. The third kappa shape index (κ3) is 5.33. The molecule has 2 aromatic rings. The minimum Gasteiger partial charge on any atom is -0.494 e. The highest BCUT2D eigenvalue weighted by atomic mass is 35.5. The van der Waals surface area contributed by atoms with Crippen molar-refractivity contribution in [2.45, 2.75) is 20.0 Å². The second-order valence-corrected chi connectivity index (χ2v) is 4.17. The zero-order valence-corrected chi connectivity index (χ0v) is 12.0. The summed E-state index contributed by atoms with van der Waals surface area (Å²) in [6, 6.07) is 18.6. The highest BCUT2D eigenvalue weighted by molar-refractivity contribution is 5.85. The zero-order valence-electron chi connectivity index (χ0n) is 11.1. The summed E-state index contributed by atoms with van der Waals surface area (Å²) in [6.07, 6.45) is 0. The Bertz CT molecular complexity index is 473. The van der Waals surface area contributed by atoms with E-state index in [4.69, 9.17) is 4.74 Å². The second-order valence-electron chi connectivity index (χ2n) is 4.17. The van der Waals surface area contributed by atoms with Gasteiger partial charge in [0.1, 0.15) is 5.75 Å². The number of halogens is 1. The van der Waals surface area contributed by atoms with Crippen LogP contribution in [-0.2, 0) is 13.1 Å². The molecule has 0 unspecified atom stereocenters. The Balaban J connectivity index is 0.00000180. The Morgan fingerprint density at radius 3 is 2.32 bits per heavy atom. The summed E-state index contributed by atoms with van der Waals surface area (Å²) in [5, 5.41) is 3.43. The molecule has 3 heteroatoms. The Labute approximate surface area is 121 Å². The maximum atomic E-state index is 5.48. The van der Waals surface area contributed by atoms with Gasteiger partial charge in [0.2, 0.25) is 0 Å². The van der Waals surface area contributed by atoms with Crippen LogP contribution in [0.25, 0.3) is 0 Å². The van der Waals surface area contributed by atoms with Crippen LogP contribution in [0.15, 0.2) is 54.6 Å². The third-order valence-electron chi connectivity index (χ3n) is 2.71. The average Bonchev–Trinajstić information content (AvgIpc) is 2.41. The van der Waals surface area contributed by atoms with Gasteiger partial charge in [-0.05, 0) is 30.2 Å². The Hall–Kier alpha value is -1.51. The van der Waals surface area contributed by atoms with E-state index in [1.807, 2.05) is 25.1 Å². The van der Waals surface area contributed by atoms with E-state index >= 15 is 0 Å². The summed E-state index contributed by atoms with van der Waals surface area (Å²) in [7, 11) is 0. The maximum absolute atomic E-state index is 5.48. The molecule has 0 saturated carbocycles. The molecule has 0 fully saturated rings. The van der Waals surface area contributed by atoms with Gasteiger partial charge in [-0.3, -0.25) is 0 Å². The van der Waals surface area contributed by atoms with Crippen LogP contribution in [0.3, 0.4) is 0 Å². The molecule has 102 valence electrons. The second kappa shape index (κ2) is 8.57. The van der Waals surface area contributed by atoms with Crippen LogP contribution in [0, 0.1) is 0 Å². The Morgan fingerprint density at radius 1 is 0.895 bits per heavy atom. The molecule has 0 bridgehead atoms. The highest BCUT2D eigenvalue weighted by Gasteiger charge is 1.96. The molecule has 0 aromatic heterocycles. The molecule has 0 aliphatic heterocycles. The lowest BCUT2D eigenvalue weighted by molar-refractivity contribution is 0.340. The van der Waals surface area contributed by atoms with Crippen molar-refractivity contribution >= 4 is 12.4 Å². The first-order valence-corrected chi connectivity index (χ1v) is 6.35. The van der Waals surface area contributed by atoms with E-state index in [1.165, 1.54) is 11.1 Å². The number of benzene rings is 2. The van der Waals surface area contributed by atoms with E-state index in [1.54, 1.807) is 0 Å². The number of hydrogen-bond donors (Lipinski definition) is 1. The van der Waals surface area contributed by atoms with E-state index < -0.39 is 0 Å². The lowest BCUT2D eigenvalue weighted by Crippen LogP contribution is -2.12. The van der Waals surface area contributed by atoms with Gasteiger partial charge in [0.15, 0.2) is 0 Å². The fourth-order valence-electron chi connectivity index (χ4n) is 1.86. The predicted molar refractivity (Wildman–Crippen MR) is 81.8 cm³/mol. The molecule has 0 radical (unpaired) electrons. The summed E-state index contributed by atoms with van der Waals surface area (Å²) < 4.78 is 5.48. The summed E-state index contributed by atoms with van der Waals surface area (Å²) in [6.45, 7) is 4.46. The molecule has 0 aliphatic carbocycles. The standard InChI is InChI=1S/C16H19NO.ClH/c1-2-18-16-10-6-9-15(11-16)13-17-12-14-7-4-3-5-8-14;/h3-11,17H,2,12-13H2,1H3;1H. The molecular formula is C16H20ClNO. The molecule has 2 aromatic carbocycles. The SMILES string of the molecule is CCOc1cccc(CNCc2ccccc2)c1.Cl. The number of nitrogens with one attached hydrogen (secondary N) is 1.